The number of hydrogen-bond donors (Lipinski definition) is 2. The Kier molecular flexibility index (Phi) is 8.08. The quantitative estimate of drug-likeness (QED) is 0.618. The SMILES string of the molecule is COc1ccc(CC(=O)NCC(N)C2CC2)cc1S(=O)(=O)N1CCOCC1.Cl. The van der Waals surface area contributed by atoms with Gasteiger partial charge in [-0.1, -0.05) is 6.07 Å². The minimum Gasteiger partial charge on any atom is -0.495 e. The second-order valence-electron chi connectivity index (χ2n) is 6.98. The third-order valence-electron chi connectivity index (χ3n) is 4.94. The van der Waals surface area contributed by atoms with Crippen LogP contribution >= 0.6 is 12.4 Å². The van der Waals surface area contributed by atoms with Crippen LogP contribution in [0, 0.1) is 5.92 Å². The molecule has 2 aliphatic rings. The first kappa shape index (κ1) is 22.9. The number of halogens is 1. The van der Waals surface area contributed by atoms with Crippen LogP contribution in [0.4, 0.5) is 0 Å². The molecular weight excluding hydrogens is 406 g/mol. The molecule has 1 atom stereocenters. The van der Waals surface area contributed by atoms with Gasteiger partial charge in [0.2, 0.25) is 15.9 Å². The van der Waals surface area contributed by atoms with Crippen molar-refractivity contribution in [2.24, 2.45) is 11.7 Å². The third kappa shape index (κ3) is 5.57. The van der Waals surface area contributed by atoms with Gasteiger partial charge in [0, 0.05) is 25.7 Å². The van der Waals surface area contributed by atoms with Crippen LogP contribution in [0.3, 0.4) is 0 Å². The summed E-state index contributed by atoms with van der Waals surface area (Å²) < 4.78 is 37.8. The van der Waals surface area contributed by atoms with Crippen molar-refractivity contribution in [1.82, 2.24) is 9.62 Å². The number of morpholine rings is 1. The number of amides is 1. The lowest BCUT2D eigenvalue weighted by Crippen LogP contribution is -2.40. The van der Waals surface area contributed by atoms with E-state index in [1.54, 1.807) is 12.1 Å². The molecule has 1 aliphatic heterocycles. The lowest BCUT2D eigenvalue weighted by molar-refractivity contribution is -0.120. The average molecular weight is 434 g/mol. The molecule has 1 aliphatic carbocycles. The second kappa shape index (κ2) is 9.89. The highest BCUT2D eigenvalue weighted by molar-refractivity contribution is 7.89. The van der Waals surface area contributed by atoms with E-state index in [-0.39, 0.29) is 41.4 Å². The van der Waals surface area contributed by atoms with Gasteiger partial charge in [-0.2, -0.15) is 4.31 Å². The molecule has 1 amide bonds. The van der Waals surface area contributed by atoms with Crippen LogP contribution in [0.5, 0.6) is 5.75 Å². The molecular formula is C18H28ClN3O5S. The number of hydrogen-bond acceptors (Lipinski definition) is 6. The van der Waals surface area contributed by atoms with Gasteiger partial charge in [-0.25, -0.2) is 8.42 Å². The topological polar surface area (TPSA) is 111 Å². The molecule has 0 bridgehead atoms. The molecule has 10 heteroatoms. The van der Waals surface area contributed by atoms with E-state index in [0.29, 0.717) is 44.3 Å². The summed E-state index contributed by atoms with van der Waals surface area (Å²) in [7, 11) is -2.29. The molecule has 0 aromatic heterocycles. The predicted molar refractivity (Wildman–Crippen MR) is 107 cm³/mol. The van der Waals surface area contributed by atoms with E-state index >= 15 is 0 Å². The van der Waals surface area contributed by atoms with Crippen LogP contribution in [0.15, 0.2) is 23.1 Å². The number of ether oxygens (including phenoxy) is 2. The van der Waals surface area contributed by atoms with Crippen molar-refractivity contribution in [2.45, 2.75) is 30.2 Å². The Balaban J connectivity index is 0.00000280. The van der Waals surface area contributed by atoms with E-state index in [4.69, 9.17) is 15.2 Å². The first-order valence-corrected chi connectivity index (χ1v) is 10.6. The number of benzene rings is 1. The lowest BCUT2D eigenvalue weighted by atomic mass is 10.1. The molecule has 158 valence electrons. The van der Waals surface area contributed by atoms with Crippen molar-refractivity contribution < 1.29 is 22.7 Å². The van der Waals surface area contributed by atoms with Gasteiger partial charge in [-0.3, -0.25) is 4.79 Å². The van der Waals surface area contributed by atoms with Crippen LogP contribution in [0.25, 0.3) is 0 Å². The van der Waals surface area contributed by atoms with Gasteiger partial charge < -0.3 is 20.5 Å². The second-order valence-corrected chi connectivity index (χ2v) is 8.89. The maximum atomic E-state index is 13.0. The van der Waals surface area contributed by atoms with Gasteiger partial charge in [0.1, 0.15) is 10.6 Å². The molecule has 1 saturated carbocycles. The summed E-state index contributed by atoms with van der Waals surface area (Å²) in [5.74, 6) is 0.601. The number of nitrogens with zero attached hydrogens (tertiary/aromatic N) is 1. The number of rotatable bonds is 8. The predicted octanol–water partition coefficient (Wildman–Crippen LogP) is 0.534. The summed E-state index contributed by atoms with van der Waals surface area (Å²) in [5.41, 5.74) is 6.61. The Morgan fingerprint density at radius 2 is 2.04 bits per heavy atom. The number of methoxy groups -OCH3 is 1. The van der Waals surface area contributed by atoms with Crippen molar-refractivity contribution in [3.63, 3.8) is 0 Å². The monoisotopic (exact) mass is 433 g/mol. The van der Waals surface area contributed by atoms with Crippen LogP contribution in [-0.4, -0.2) is 64.6 Å². The average Bonchev–Trinajstić information content (AvgIpc) is 3.52. The summed E-state index contributed by atoms with van der Waals surface area (Å²) in [5, 5.41) is 2.83. The molecule has 3 N–H and O–H groups in total. The molecule has 2 fully saturated rings. The number of sulfonamides is 1. The van der Waals surface area contributed by atoms with Gasteiger partial charge in [0.25, 0.3) is 0 Å². The Morgan fingerprint density at radius 3 is 2.64 bits per heavy atom. The standard InChI is InChI=1S/C18H27N3O5S.ClH/c1-25-16-5-2-13(11-18(22)20-12-15(19)14-3-4-14)10-17(16)27(23,24)21-6-8-26-9-7-21;/h2,5,10,14-15H,3-4,6-9,11-12,19H2,1H3,(H,20,22);1H. The molecule has 0 spiro atoms. The smallest absolute Gasteiger partial charge is 0.246 e. The van der Waals surface area contributed by atoms with Gasteiger partial charge >= 0.3 is 0 Å². The van der Waals surface area contributed by atoms with E-state index in [1.807, 2.05) is 0 Å². The Labute approximate surface area is 172 Å². The van der Waals surface area contributed by atoms with Gasteiger partial charge in [0.15, 0.2) is 0 Å². The molecule has 1 aromatic carbocycles. The van der Waals surface area contributed by atoms with Crippen LogP contribution in [-0.2, 0) is 26.0 Å². The summed E-state index contributed by atoms with van der Waals surface area (Å²) in [6.45, 7) is 1.78. The summed E-state index contributed by atoms with van der Waals surface area (Å²) in [6.07, 6.45) is 2.34. The maximum Gasteiger partial charge on any atom is 0.246 e. The third-order valence-corrected chi connectivity index (χ3v) is 6.86. The van der Waals surface area contributed by atoms with E-state index < -0.39 is 10.0 Å². The van der Waals surface area contributed by atoms with Crippen LogP contribution < -0.4 is 15.8 Å². The fourth-order valence-corrected chi connectivity index (χ4v) is 4.74. The number of nitrogens with two attached hydrogens (primary N) is 1. The van der Waals surface area contributed by atoms with Gasteiger partial charge in [-0.15, -0.1) is 12.4 Å². The summed E-state index contributed by atoms with van der Waals surface area (Å²) >= 11 is 0. The largest absolute Gasteiger partial charge is 0.495 e. The zero-order valence-corrected chi connectivity index (χ0v) is 17.6. The number of carbonyl (C=O) groups excluding carboxylic acids is 1. The summed E-state index contributed by atoms with van der Waals surface area (Å²) in [4.78, 5) is 12.3. The Bertz CT molecular complexity index is 779. The molecule has 1 heterocycles. The highest BCUT2D eigenvalue weighted by Crippen LogP contribution is 2.31. The Morgan fingerprint density at radius 1 is 1.36 bits per heavy atom. The molecule has 0 radical (unpaired) electrons. The van der Waals surface area contributed by atoms with Gasteiger partial charge in [0.05, 0.1) is 26.7 Å². The Hall–Kier alpha value is -1.39. The molecule has 28 heavy (non-hydrogen) atoms. The normalized spacial score (nSPS) is 18.8. The van der Waals surface area contributed by atoms with Crippen molar-refractivity contribution in [1.29, 1.82) is 0 Å². The highest BCUT2D eigenvalue weighted by atomic mass is 35.5. The zero-order valence-electron chi connectivity index (χ0n) is 15.9. The molecule has 1 saturated heterocycles. The first-order valence-electron chi connectivity index (χ1n) is 9.19. The maximum absolute atomic E-state index is 13.0. The number of nitrogens with one attached hydrogen (secondary N) is 1. The zero-order chi connectivity index (χ0) is 19.4. The minimum atomic E-state index is -3.72. The van der Waals surface area contributed by atoms with Gasteiger partial charge in [-0.05, 0) is 36.5 Å². The van der Waals surface area contributed by atoms with Crippen molar-refractivity contribution in [2.75, 3.05) is 40.0 Å². The van der Waals surface area contributed by atoms with E-state index in [2.05, 4.69) is 5.32 Å². The number of carbonyl (C=O) groups is 1. The fraction of sp³-hybridized carbons (Fsp3) is 0.611. The van der Waals surface area contributed by atoms with Crippen LogP contribution in [0.1, 0.15) is 18.4 Å². The molecule has 8 nitrogen and oxygen atoms in total. The van der Waals surface area contributed by atoms with E-state index in [0.717, 1.165) is 12.8 Å². The highest BCUT2D eigenvalue weighted by Gasteiger charge is 2.30. The molecule has 3 rings (SSSR count). The summed E-state index contributed by atoms with van der Waals surface area (Å²) in [6, 6.07) is 4.80. The van der Waals surface area contributed by atoms with E-state index in [9.17, 15) is 13.2 Å². The first-order chi connectivity index (χ1) is 12.9. The minimum absolute atomic E-state index is 0. The van der Waals surface area contributed by atoms with E-state index in [1.165, 1.54) is 17.5 Å². The van der Waals surface area contributed by atoms with Crippen molar-refractivity contribution in [3.05, 3.63) is 23.8 Å². The molecule has 1 unspecified atom stereocenters. The van der Waals surface area contributed by atoms with Crippen LogP contribution in [0.2, 0.25) is 0 Å². The molecule has 1 aromatic rings. The fourth-order valence-electron chi connectivity index (χ4n) is 3.13. The lowest BCUT2D eigenvalue weighted by Gasteiger charge is -2.26. The van der Waals surface area contributed by atoms with Crippen molar-refractivity contribution >= 4 is 28.3 Å². The van der Waals surface area contributed by atoms with Crippen molar-refractivity contribution in [3.8, 4) is 5.75 Å².